The van der Waals surface area contributed by atoms with Crippen molar-refractivity contribution in [3.63, 3.8) is 0 Å². The van der Waals surface area contributed by atoms with Crippen LogP contribution in [0.3, 0.4) is 0 Å². The molecule has 0 aliphatic rings. The van der Waals surface area contributed by atoms with E-state index in [0.717, 1.165) is 22.7 Å². The molecular weight excluding hydrogens is 220 g/mol. The smallest absolute Gasteiger partial charge is 0.169 e. The molecule has 1 aromatic heterocycles. The molecule has 0 saturated heterocycles. The van der Waals surface area contributed by atoms with Gasteiger partial charge in [0.05, 0.1) is 17.1 Å². The Bertz CT molecular complexity index is 479. The van der Waals surface area contributed by atoms with Gasteiger partial charge in [-0.2, -0.15) is 0 Å². The molecule has 0 spiro atoms. The summed E-state index contributed by atoms with van der Waals surface area (Å²) >= 11 is 1.61. The van der Waals surface area contributed by atoms with Crippen molar-refractivity contribution < 1.29 is 5.11 Å². The number of fused-ring (bicyclic) bond motifs is 1. The van der Waals surface area contributed by atoms with Crippen LogP contribution in [0.15, 0.2) is 29.4 Å². The minimum absolute atomic E-state index is 0.296. The molecule has 1 unspecified atom stereocenters. The van der Waals surface area contributed by atoms with Gasteiger partial charge in [-0.1, -0.05) is 23.9 Å². The molecule has 2 aromatic rings. The third kappa shape index (κ3) is 2.23. The first-order valence-electron chi connectivity index (χ1n) is 5.48. The first-order valence-corrected chi connectivity index (χ1v) is 6.47. The van der Waals surface area contributed by atoms with Crippen LogP contribution in [0.1, 0.15) is 13.8 Å². The van der Waals surface area contributed by atoms with E-state index >= 15 is 0 Å². The van der Waals surface area contributed by atoms with Gasteiger partial charge in [0.2, 0.25) is 0 Å². The predicted molar refractivity (Wildman–Crippen MR) is 67.8 cm³/mol. The molecule has 1 heterocycles. The number of benzene rings is 1. The van der Waals surface area contributed by atoms with Crippen LogP contribution in [-0.2, 0) is 6.54 Å². The van der Waals surface area contributed by atoms with Gasteiger partial charge >= 0.3 is 0 Å². The van der Waals surface area contributed by atoms with Gasteiger partial charge < -0.3 is 9.67 Å². The van der Waals surface area contributed by atoms with Gasteiger partial charge in [-0.25, -0.2) is 4.98 Å². The molecule has 1 aromatic carbocycles. The third-order valence-electron chi connectivity index (χ3n) is 2.39. The second-order valence-electron chi connectivity index (χ2n) is 3.79. The number of aromatic nitrogens is 2. The molecule has 0 fully saturated rings. The summed E-state index contributed by atoms with van der Waals surface area (Å²) in [6.45, 7) is 4.81. The first-order chi connectivity index (χ1) is 7.72. The van der Waals surface area contributed by atoms with Crippen molar-refractivity contribution in [2.45, 2.75) is 31.7 Å². The summed E-state index contributed by atoms with van der Waals surface area (Å²) in [6, 6.07) is 8.13. The van der Waals surface area contributed by atoms with E-state index in [4.69, 9.17) is 0 Å². The van der Waals surface area contributed by atoms with Gasteiger partial charge in [0.1, 0.15) is 0 Å². The van der Waals surface area contributed by atoms with Crippen molar-refractivity contribution in [3.8, 4) is 0 Å². The van der Waals surface area contributed by atoms with Crippen molar-refractivity contribution in [1.82, 2.24) is 9.55 Å². The number of thioether (sulfide) groups is 1. The predicted octanol–water partition coefficient (Wildman–Crippen LogP) is 2.53. The van der Waals surface area contributed by atoms with Gasteiger partial charge in [-0.3, -0.25) is 0 Å². The summed E-state index contributed by atoms with van der Waals surface area (Å²) < 4.78 is 2.18. The fourth-order valence-electron chi connectivity index (χ4n) is 1.66. The number of hydrogen-bond donors (Lipinski definition) is 1. The van der Waals surface area contributed by atoms with Crippen molar-refractivity contribution >= 4 is 22.8 Å². The highest BCUT2D eigenvalue weighted by atomic mass is 32.2. The topological polar surface area (TPSA) is 38.0 Å². The lowest BCUT2D eigenvalue weighted by atomic mass is 10.3. The Morgan fingerprint density at radius 3 is 2.88 bits per heavy atom. The Labute approximate surface area is 99.5 Å². The van der Waals surface area contributed by atoms with Crippen LogP contribution < -0.4 is 0 Å². The zero-order chi connectivity index (χ0) is 11.5. The van der Waals surface area contributed by atoms with E-state index in [0.29, 0.717) is 5.75 Å². The van der Waals surface area contributed by atoms with E-state index in [1.165, 1.54) is 0 Å². The first kappa shape index (κ1) is 11.5. The second-order valence-corrected chi connectivity index (χ2v) is 4.77. The molecule has 16 heavy (non-hydrogen) atoms. The number of nitrogens with zero attached hydrogens (tertiary/aromatic N) is 2. The Kier molecular flexibility index (Phi) is 3.51. The summed E-state index contributed by atoms with van der Waals surface area (Å²) in [6.07, 6.45) is -0.296. The SMILES string of the molecule is CCn1c(SCC(C)O)nc2ccccc21. The van der Waals surface area contributed by atoms with Crippen molar-refractivity contribution in [2.24, 2.45) is 0 Å². The van der Waals surface area contributed by atoms with E-state index in [1.54, 1.807) is 18.7 Å². The molecule has 0 radical (unpaired) electrons. The molecule has 86 valence electrons. The summed E-state index contributed by atoms with van der Waals surface area (Å²) in [4.78, 5) is 4.57. The number of hydrogen-bond acceptors (Lipinski definition) is 3. The molecule has 0 aliphatic heterocycles. The molecule has 3 nitrogen and oxygen atoms in total. The summed E-state index contributed by atoms with van der Waals surface area (Å²) in [5, 5.41) is 10.3. The largest absolute Gasteiger partial charge is 0.393 e. The maximum atomic E-state index is 9.29. The van der Waals surface area contributed by atoms with Gasteiger partial charge in [-0.05, 0) is 26.0 Å². The quantitative estimate of drug-likeness (QED) is 0.829. The van der Waals surface area contributed by atoms with E-state index < -0.39 is 0 Å². The number of aryl methyl sites for hydroxylation is 1. The Morgan fingerprint density at radius 1 is 1.44 bits per heavy atom. The molecule has 0 bridgehead atoms. The van der Waals surface area contributed by atoms with Gasteiger partial charge in [-0.15, -0.1) is 0 Å². The van der Waals surface area contributed by atoms with Crippen LogP contribution in [0.2, 0.25) is 0 Å². The summed E-state index contributed by atoms with van der Waals surface area (Å²) in [5.41, 5.74) is 2.19. The summed E-state index contributed by atoms with van der Waals surface area (Å²) in [5.74, 6) is 0.684. The third-order valence-corrected chi connectivity index (χ3v) is 3.61. The standard InChI is InChI=1S/C12H16N2OS/c1-3-14-11-7-5-4-6-10(11)13-12(14)16-8-9(2)15/h4-7,9,15H,3,8H2,1-2H3. The highest BCUT2D eigenvalue weighted by Crippen LogP contribution is 2.24. The fourth-order valence-corrected chi connectivity index (χ4v) is 2.60. The van der Waals surface area contributed by atoms with Crippen LogP contribution in [0.25, 0.3) is 11.0 Å². The van der Waals surface area contributed by atoms with Crippen molar-refractivity contribution in [3.05, 3.63) is 24.3 Å². The van der Waals surface area contributed by atoms with E-state index in [2.05, 4.69) is 22.5 Å². The molecule has 1 N–H and O–H groups in total. The average Bonchev–Trinajstić information content (AvgIpc) is 2.63. The Balaban J connectivity index is 2.36. The van der Waals surface area contributed by atoms with Crippen LogP contribution in [0.4, 0.5) is 0 Å². The fraction of sp³-hybridized carbons (Fsp3) is 0.417. The second kappa shape index (κ2) is 4.89. The van der Waals surface area contributed by atoms with E-state index in [-0.39, 0.29) is 6.10 Å². The zero-order valence-corrected chi connectivity index (χ0v) is 10.4. The maximum absolute atomic E-state index is 9.29. The van der Waals surface area contributed by atoms with Crippen LogP contribution in [-0.4, -0.2) is 26.5 Å². The minimum Gasteiger partial charge on any atom is -0.393 e. The van der Waals surface area contributed by atoms with E-state index in [1.807, 2.05) is 18.2 Å². The zero-order valence-electron chi connectivity index (χ0n) is 9.55. The molecule has 0 aliphatic carbocycles. The lowest BCUT2D eigenvalue weighted by Gasteiger charge is -2.06. The molecule has 0 amide bonds. The molecule has 2 rings (SSSR count). The molecular formula is C12H16N2OS. The molecule has 0 saturated carbocycles. The van der Waals surface area contributed by atoms with Crippen LogP contribution >= 0.6 is 11.8 Å². The van der Waals surface area contributed by atoms with Gasteiger partial charge in [0.15, 0.2) is 5.16 Å². The van der Waals surface area contributed by atoms with Crippen molar-refractivity contribution in [1.29, 1.82) is 0 Å². The Hall–Kier alpha value is -1.00. The minimum atomic E-state index is -0.296. The van der Waals surface area contributed by atoms with Crippen LogP contribution in [0.5, 0.6) is 0 Å². The number of para-hydroxylation sites is 2. The van der Waals surface area contributed by atoms with Gasteiger partial charge in [0.25, 0.3) is 0 Å². The lowest BCUT2D eigenvalue weighted by Crippen LogP contribution is -2.04. The number of aliphatic hydroxyl groups excluding tert-OH is 1. The Morgan fingerprint density at radius 2 is 2.19 bits per heavy atom. The monoisotopic (exact) mass is 236 g/mol. The lowest BCUT2D eigenvalue weighted by molar-refractivity contribution is 0.220. The highest BCUT2D eigenvalue weighted by molar-refractivity contribution is 7.99. The number of imidazole rings is 1. The van der Waals surface area contributed by atoms with E-state index in [9.17, 15) is 5.11 Å². The highest BCUT2D eigenvalue weighted by Gasteiger charge is 2.09. The average molecular weight is 236 g/mol. The molecule has 1 atom stereocenters. The normalized spacial score (nSPS) is 13.2. The summed E-state index contributed by atoms with van der Waals surface area (Å²) in [7, 11) is 0. The van der Waals surface area contributed by atoms with Crippen LogP contribution in [0, 0.1) is 0 Å². The van der Waals surface area contributed by atoms with Crippen molar-refractivity contribution in [2.75, 3.05) is 5.75 Å². The number of rotatable bonds is 4. The number of aliphatic hydroxyl groups is 1. The molecule has 4 heteroatoms. The van der Waals surface area contributed by atoms with Gasteiger partial charge in [0, 0.05) is 12.3 Å². The maximum Gasteiger partial charge on any atom is 0.169 e.